The molecule has 5 nitrogen and oxygen atoms in total. The molecule has 96 valence electrons. The summed E-state index contributed by atoms with van der Waals surface area (Å²) in [5.41, 5.74) is 0. The largest absolute Gasteiger partial charge is 0.317 e. The van der Waals surface area contributed by atoms with Gasteiger partial charge >= 0.3 is 0 Å². The van der Waals surface area contributed by atoms with Gasteiger partial charge in [0.1, 0.15) is 0 Å². The molecule has 0 atom stereocenters. The van der Waals surface area contributed by atoms with Gasteiger partial charge < -0.3 is 5.32 Å². The van der Waals surface area contributed by atoms with Crippen molar-refractivity contribution in [3.05, 3.63) is 16.1 Å². The first-order valence-corrected chi connectivity index (χ1v) is 8.05. The van der Waals surface area contributed by atoms with Gasteiger partial charge in [-0.15, -0.1) is 11.3 Å². The van der Waals surface area contributed by atoms with Crippen LogP contribution in [-0.2, 0) is 16.6 Å². The SMILES string of the molecule is Cc1ncc(CNS(=O)(=O)C2CCNCC2)s1. The van der Waals surface area contributed by atoms with E-state index in [9.17, 15) is 8.42 Å². The molecule has 1 saturated heterocycles. The van der Waals surface area contributed by atoms with Gasteiger partial charge in [-0.3, -0.25) is 0 Å². The molecule has 0 aromatic carbocycles. The van der Waals surface area contributed by atoms with Crippen molar-refractivity contribution in [2.24, 2.45) is 0 Å². The monoisotopic (exact) mass is 275 g/mol. The topological polar surface area (TPSA) is 71.1 Å². The second-order valence-corrected chi connectivity index (χ2v) is 7.53. The maximum atomic E-state index is 12.0. The van der Waals surface area contributed by atoms with Gasteiger partial charge in [0, 0.05) is 17.6 Å². The van der Waals surface area contributed by atoms with Crippen LogP contribution >= 0.6 is 11.3 Å². The van der Waals surface area contributed by atoms with E-state index < -0.39 is 10.0 Å². The second-order valence-electron chi connectivity index (χ2n) is 4.16. The van der Waals surface area contributed by atoms with Crippen LogP contribution < -0.4 is 10.0 Å². The Bertz CT molecular complexity index is 464. The van der Waals surface area contributed by atoms with Gasteiger partial charge in [-0.05, 0) is 32.9 Å². The van der Waals surface area contributed by atoms with Crippen molar-refractivity contribution in [2.45, 2.75) is 31.6 Å². The molecule has 7 heteroatoms. The first kappa shape index (κ1) is 12.9. The highest BCUT2D eigenvalue weighted by Gasteiger charge is 2.26. The number of nitrogens with one attached hydrogen (secondary N) is 2. The molecule has 2 heterocycles. The Morgan fingerprint density at radius 1 is 1.53 bits per heavy atom. The highest BCUT2D eigenvalue weighted by atomic mass is 32.2. The van der Waals surface area contributed by atoms with Gasteiger partial charge in [-0.1, -0.05) is 0 Å². The zero-order valence-corrected chi connectivity index (χ0v) is 11.4. The Morgan fingerprint density at radius 3 is 2.82 bits per heavy atom. The molecular weight excluding hydrogens is 258 g/mol. The van der Waals surface area contributed by atoms with E-state index in [1.807, 2.05) is 6.92 Å². The molecule has 1 aliphatic rings. The molecule has 0 spiro atoms. The lowest BCUT2D eigenvalue weighted by Gasteiger charge is -2.22. The van der Waals surface area contributed by atoms with Crippen molar-refractivity contribution in [2.75, 3.05) is 13.1 Å². The number of hydrogen-bond acceptors (Lipinski definition) is 5. The Balaban J connectivity index is 1.92. The Hall–Kier alpha value is -0.500. The van der Waals surface area contributed by atoms with Gasteiger partial charge in [0.2, 0.25) is 10.0 Å². The second kappa shape index (κ2) is 5.43. The molecule has 2 rings (SSSR count). The van der Waals surface area contributed by atoms with E-state index >= 15 is 0 Å². The van der Waals surface area contributed by atoms with Crippen LogP contribution in [-0.4, -0.2) is 31.7 Å². The highest BCUT2D eigenvalue weighted by Crippen LogP contribution is 2.15. The van der Waals surface area contributed by atoms with Crippen LogP contribution in [0.2, 0.25) is 0 Å². The molecule has 1 aromatic rings. The summed E-state index contributed by atoms with van der Waals surface area (Å²) in [7, 11) is -3.18. The predicted octanol–water partition coefficient (Wildman–Crippen LogP) is 0.623. The summed E-state index contributed by atoms with van der Waals surface area (Å²) in [4.78, 5) is 5.06. The molecule has 0 amide bonds. The summed E-state index contributed by atoms with van der Waals surface area (Å²) >= 11 is 1.52. The van der Waals surface area contributed by atoms with E-state index in [0.29, 0.717) is 19.4 Å². The van der Waals surface area contributed by atoms with Gasteiger partial charge in [0.25, 0.3) is 0 Å². The summed E-state index contributed by atoms with van der Waals surface area (Å²) in [6, 6.07) is 0. The maximum Gasteiger partial charge on any atom is 0.214 e. The number of hydrogen-bond donors (Lipinski definition) is 2. The third-order valence-corrected chi connectivity index (χ3v) is 5.65. The van der Waals surface area contributed by atoms with E-state index in [2.05, 4.69) is 15.0 Å². The third kappa shape index (κ3) is 3.48. The molecule has 1 aliphatic heterocycles. The summed E-state index contributed by atoms with van der Waals surface area (Å²) < 4.78 is 26.7. The first-order valence-electron chi connectivity index (χ1n) is 5.68. The number of sulfonamides is 1. The molecule has 0 unspecified atom stereocenters. The molecule has 0 radical (unpaired) electrons. The third-order valence-electron chi connectivity index (χ3n) is 2.84. The van der Waals surface area contributed by atoms with Crippen LogP contribution in [0.1, 0.15) is 22.7 Å². The Morgan fingerprint density at radius 2 is 2.24 bits per heavy atom. The van der Waals surface area contributed by atoms with Crippen LogP contribution in [0.15, 0.2) is 6.20 Å². The molecule has 1 fully saturated rings. The van der Waals surface area contributed by atoms with Gasteiger partial charge in [-0.2, -0.15) is 0 Å². The number of thiazole rings is 1. The van der Waals surface area contributed by atoms with Crippen LogP contribution in [0, 0.1) is 6.92 Å². The molecule has 1 aromatic heterocycles. The van der Waals surface area contributed by atoms with Crippen LogP contribution in [0.25, 0.3) is 0 Å². The van der Waals surface area contributed by atoms with Gasteiger partial charge in [0.05, 0.1) is 10.3 Å². The Kier molecular flexibility index (Phi) is 4.13. The van der Waals surface area contributed by atoms with E-state index in [1.165, 1.54) is 11.3 Å². The number of aromatic nitrogens is 1. The van der Waals surface area contributed by atoms with Crippen molar-refractivity contribution in [3.63, 3.8) is 0 Å². The number of rotatable bonds is 4. The molecule has 2 N–H and O–H groups in total. The summed E-state index contributed by atoms with van der Waals surface area (Å²) in [6.07, 6.45) is 3.11. The fraction of sp³-hybridized carbons (Fsp3) is 0.700. The standard InChI is InChI=1S/C10H17N3O2S2/c1-8-12-6-9(16-8)7-13-17(14,15)10-2-4-11-5-3-10/h6,10-11,13H,2-5,7H2,1H3. The van der Waals surface area contributed by atoms with Crippen LogP contribution in [0.4, 0.5) is 0 Å². The molecule has 0 saturated carbocycles. The summed E-state index contributed by atoms with van der Waals surface area (Å²) in [5, 5.41) is 3.87. The van der Waals surface area contributed by atoms with Crippen molar-refractivity contribution >= 4 is 21.4 Å². The highest BCUT2D eigenvalue weighted by molar-refractivity contribution is 7.90. The summed E-state index contributed by atoms with van der Waals surface area (Å²) in [5.74, 6) is 0. The fourth-order valence-electron chi connectivity index (χ4n) is 1.88. The van der Waals surface area contributed by atoms with E-state index in [0.717, 1.165) is 23.0 Å². The molecule has 0 bridgehead atoms. The predicted molar refractivity (Wildman–Crippen MR) is 68.5 cm³/mol. The van der Waals surface area contributed by atoms with Crippen molar-refractivity contribution in [3.8, 4) is 0 Å². The number of piperidine rings is 1. The van der Waals surface area contributed by atoms with Gasteiger partial charge in [-0.25, -0.2) is 18.1 Å². The normalized spacial score (nSPS) is 18.4. The molecule has 0 aliphatic carbocycles. The average Bonchev–Trinajstić information content (AvgIpc) is 2.74. The lowest BCUT2D eigenvalue weighted by molar-refractivity contribution is 0.489. The zero-order valence-electron chi connectivity index (χ0n) is 9.77. The lowest BCUT2D eigenvalue weighted by Crippen LogP contribution is -2.41. The van der Waals surface area contributed by atoms with Gasteiger partial charge in [0.15, 0.2) is 0 Å². The lowest BCUT2D eigenvalue weighted by atomic mass is 10.2. The first-order chi connectivity index (χ1) is 8.08. The fourth-order valence-corrected chi connectivity index (χ4v) is 4.16. The smallest absolute Gasteiger partial charge is 0.214 e. The molecule has 17 heavy (non-hydrogen) atoms. The summed E-state index contributed by atoms with van der Waals surface area (Å²) in [6.45, 7) is 3.84. The average molecular weight is 275 g/mol. The zero-order chi connectivity index (χ0) is 12.3. The minimum absolute atomic E-state index is 0.252. The minimum Gasteiger partial charge on any atom is -0.317 e. The van der Waals surface area contributed by atoms with Crippen LogP contribution in [0.3, 0.4) is 0 Å². The number of nitrogens with zero attached hydrogens (tertiary/aromatic N) is 1. The van der Waals surface area contributed by atoms with E-state index in [1.54, 1.807) is 6.20 Å². The van der Waals surface area contributed by atoms with Crippen LogP contribution in [0.5, 0.6) is 0 Å². The van der Waals surface area contributed by atoms with Crippen molar-refractivity contribution in [1.82, 2.24) is 15.0 Å². The Labute approximate surface area is 106 Å². The quantitative estimate of drug-likeness (QED) is 0.845. The molecular formula is C10H17N3O2S2. The van der Waals surface area contributed by atoms with Crippen molar-refractivity contribution < 1.29 is 8.42 Å². The van der Waals surface area contributed by atoms with E-state index in [4.69, 9.17) is 0 Å². The van der Waals surface area contributed by atoms with E-state index in [-0.39, 0.29) is 5.25 Å². The maximum absolute atomic E-state index is 12.0. The van der Waals surface area contributed by atoms with Crippen molar-refractivity contribution in [1.29, 1.82) is 0 Å². The minimum atomic E-state index is -3.18. The number of aryl methyl sites for hydroxylation is 1.